The van der Waals surface area contributed by atoms with E-state index in [0.717, 1.165) is 48.8 Å². The van der Waals surface area contributed by atoms with Gasteiger partial charge in [-0.25, -0.2) is 0 Å². The summed E-state index contributed by atoms with van der Waals surface area (Å²) >= 11 is 0. The van der Waals surface area contributed by atoms with Gasteiger partial charge < -0.3 is 20.8 Å². The number of hydrogen-bond acceptors (Lipinski definition) is 4. The zero-order chi connectivity index (χ0) is 31.5. The fourth-order valence-corrected chi connectivity index (χ4v) is 7.55. The maximum absolute atomic E-state index is 13.9. The van der Waals surface area contributed by atoms with E-state index >= 15 is 0 Å². The van der Waals surface area contributed by atoms with Crippen LogP contribution in [-0.4, -0.2) is 52.4 Å². The first kappa shape index (κ1) is 36.0. The summed E-state index contributed by atoms with van der Waals surface area (Å²) < 4.78 is 0. The topological polar surface area (TPSA) is 86.8 Å². The molecular weight excluding hydrogens is 520 g/mol. The van der Waals surface area contributed by atoms with Crippen molar-refractivity contribution in [3.05, 3.63) is 71.3 Å². The van der Waals surface area contributed by atoms with Gasteiger partial charge in [-0.2, -0.15) is 0 Å². The van der Waals surface area contributed by atoms with Gasteiger partial charge in [-0.3, -0.25) is 4.79 Å². The number of aryl methyl sites for hydroxylation is 1. The molecule has 1 aromatic rings. The van der Waals surface area contributed by atoms with Crippen LogP contribution < -0.4 is 5.73 Å². The van der Waals surface area contributed by atoms with Crippen LogP contribution in [0.25, 0.3) is 0 Å². The zero-order valence-electron chi connectivity index (χ0n) is 27.7. The van der Waals surface area contributed by atoms with Gasteiger partial charge in [-0.1, -0.05) is 102 Å². The summed E-state index contributed by atoms with van der Waals surface area (Å²) in [4.78, 5) is 15.8. The number of nitrogens with two attached hydrogens (primary N) is 1. The van der Waals surface area contributed by atoms with Gasteiger partial charge in [0.15, 0.2) is 0 Å². The van der Waals surface area contributed by atoms with Gasteiger partial charge in [0.05, 0.1) is 12.2 Å². The van der Waals surface area contributed by atoms with E-state index in [1.807, 2.05) is 69.1 Å². The molecule has 0 aliphatic heterocycles. The van der Waals surface area contributed by atoms with Gasteiger partial charge >= 0.3 is 0 Å². The summed E-state index contributed by atoms with van der Waals surface area (Å²) in [7, 11) is 1.91. The van der Waals surface area contributed by atoms with E-state index in [2.05, 4.69) is 27.4 Å². The molecule has 5 unspecified atom stereocenters. The first-order valence-corrected chi connectivity index (χ1v) is 16.4. The molecule has 4 N–H and O–H groups in total. The van der Waals surface area contributed by atoms with Crippen LogP contribution in [0.2, 0.25) is 0 Å². The number of allylic oxidation sites excluding steroid dienone is 3. The molecule has 42 heavy (non-hydrogen) atoms. The molecule has 0 heterocycles. The van der Waals surface area contributed by atoms with Crippen molar-refractivity contribution >= 4 is 5.91 Å². The molecule has 0 radical (unpaired) electrons. The Labute approximate surface area is 257 Å². The molecule has 236 valence electrons. The minimum atomic E-state index is -1.29. The third kappa shape index (κ3) is 8.03. The molecule has 0 aromatic heterocycles. The van der Waals surface area contributed by atoms with Crippen LogP contribution in [0.4, 0.5) is 0 Å². The maximum atomic E-state index is 13.9. The highest BCUT2D eigenvalue weighted by molar-refractivity contribution is 5.94. The van der Waals surface area contributed by atoms with Crippen LogP contribution >= 0.6 is 0 Å². The van der Waals surface area contributed by atoms with Crippen molar-refractivity contribution in [3.8, 4) is 0 Å². The second-order valence-corrected chi connectivity index (χ2v) is 13.0. The number of rotatable bonds is 16. The zero-order valence-corrected chi connectivity index (χ0v) is 27.7. The number of aliphatic hydroxyl groups is 2. The van der Waals surface area contributed by atoms with E-state index in [0.29, 0.717) is 11.5 Å². The number of carbonyl (C=O) groups is 1. The minimum Gasteiger partial charge on any atom is -0.392 e. The standard InChI is InChI=1S/C37H60N2O3/c1-9-16-34(39(8)35(41)32-22-20-27(4)21-23-32)28(5)37(36(7,42)29(6)38,25-24-30-17-13-12-14-18-30)33(11-3)31(10-2)19-15-26-40/h11,15,19-23,28-30,34,40,42H,3,9-10,12-14,16-18,24-26,38H2,1-2,4-8H3/b19-15-,33-31+. The Bertz CT molecular complexity index is 1050. The Balaban J connectivity index is 2.84. The summed E-state index contributed by atoms with van der Waals surface area (Å²) in [5, 5.41) is 22.3. The van der Waals surface area contributed by atoms with E-state index in [9.17, 15) is 15.0 Å². The van der Waals surface area contributed by atoms with E-state index < -0.39 is 17.1 Å². The Hall–Kier alpha value is -2.21. The quantitative estimate of drug-likeness (QED) is 0.174. The van der Waals surface area contributed by atoms with Gasteiger partial charge in [-0.05, 0) is 81.6 Å². The lowest BCUT2D eigenvalue weighted by molar-refractivity contribution is -0.111. The van der Waals surface area contributed by atoms with Crippen molar-refractivity contribution < 1.29 is 15.0 Å². The molecule has 1 fully saturated rings. The first-order chi connectivity index (χ1) is 19.9. The summed E-state index contributed by atoms with van der Waals surface area (Å²) in [6.07, 6.45) is 16.1. The third-order valence-corrected chi connectivity index (χ3v) is 10.4. The third-order valence-electron chi connectivity index (χ3n) is 10.4. The Morgan fingerprint density at radius 1 is 1.17 bits per heavy atom. The van der Waals surface area contributed by atoms with Gasteiger partial charge in [0.25, 0.3) is 5.91 Å². The first-order valence-electron chi connectivity index (χ1n) is 16.4. The van der Waals surface area contributed by atoms with Crippen molar-refractivity contribution in [2.45, 2.75) is 123 Å². The van der Waals surface area contributed by atoms with Crippen molar-refractivity contribution in [2.75, 3.05) is 13.7 Å². The summed E-state index contributed by atoms with van der Waals surface area (Å²) in [6.45, 7) is 16.5. The molecule has 0 saturated heterocycles. The van der Waals surface area contributed by atoms with Crippen molar-refractivity contribution in [1.82, 2.24) is 4.90 Å². The smallest absolute Gasteiger partial charge is 0.253 e. The van der Waals surface area contributed by atoms with Crippen LogP contribution in [0.15, 0.2) is 60.2 Å². The molecule has 0 bridgehead atoms. The molecule has 1 aliphatic rings. The molecule has 1 aromatic carbocycles. The highest BCUT2D eigenvalue weighted by atomic mass is 16.3. The summed E-state index contributed by atoms with van der Waals surface area (Å²) in [6, 6.07) is 7.10. The molecule has 0 spiro atoms. The fraction of sp³-hybridized carbons (Fsp3) is 0.649. The SMILES string of the molecule is C=C/C(=C(\C=C/CO)CC)C(CCC1CCCCC1)(C(C)C(CCC)N(C)C(=O)c1ccc(C)cc1)C(C)(O)C(C)N. The molecule has 5 atom stereocenters. The molecule has 1 amide bonds. The Kier molecular flexibility index (Phi) is 14.2. The van der Waals surface area contributed by atoms with Gasteiger partial charge in [0.2, 0.25) is 0 Å². The second kappa shape index (κ2) is 16.6. The lowest BCUT2D eigenvalue weighted by atomic mass is 9.53. The number of nitrogens with zero attached hydrogens (tertiary/aromatic N) is 1. The number of aliphatic hydroxyl groups excluding tert-OH is 1. The molecular formula is C37H60N2O3. The van der Waals surface area contributed by atoms with Gasteiger partial charge in [0, 0.05) is 30.1 Å². The highest BCUT2D eigenvalue weighted by Gasteiger charge is 2.56. The predicted octanol–water partition coefficient (Wildman–Crippen LogP) is 7.76. The highest BCUT2D eigenvalue weighted by Crippen LogP contribution is 2.55. The second-order valence-electron chi connectivity index (χ2n) is 13.0. The number of hydrogen-bond donors (Lipinski definition) is 3. The monoisotopic (exact) mass is 580 g/mol. The Morgan fingerprint density at radius 2 is 1.79 bits per heavy atom. The number of carbonyl (C=O) groups excluding carboxylic acids is 1. The van der Waals surface area contributed by atoms with E-state index in [1.165, 1.54) is 32.1 Å². The van der Waals surface area contributed by atoms with E-state index in [1.54, 1.807) is 6.08 Å². The van der Waals surface area contributed by atoms with Crippen LogP contribution in [0.5, 0.6) is 0 Å². The van der Waals surface area contributed by atoms with E-state index in [4.69, 9.17) is 5.73 Å². The normalized spacial score (nSPS) is 20.2. The average Bonchev–Trinajstić information content (AvgIpc) is 2.98. The average molecular weight is 581 g/mol. The Morgan fingerprint density at radius 3 is 2.29 bits per heavy atom. The number of amides is 1. The van der Waals surface area contributed by atoms with Gasteiger partial charge in [0.1, 0.15) is 0 Å². The van der Waals surface area contributed by atoms with E-state index in [-0.39, 0.29) is 24.5 Å². The van der Waals surface area contributed by atoms with Gasteiger partial charge in [-0.15, -0.1) is 0 Å². The molecule has 1 aliphatic carbocycles. The molecule has 1 saturated carbocycles. The summed E-state index contributed by atoms with van der Waals surface area (Å²) in [5.74, 6) is 0.454. The molecule has 5 heteroatoms. The van der Waals surface area contributed by atoms with Crippen molar-refractivity contribution in [3.63, 3.8) is 0 Å². The van der Waals surface area contributed by atoms with Crippen molar-refractivity contribution in [1.29, 1.82) is 0 Å². The maximum Gasteiger partial charge on any atom is 0.253 e. The minimum absolute atomic E-state index is 0.0121. The lowest BCUT2D eigenvalue weighted by Crippen LogP contribution is -2.63. The van der Waals surface area contributed by atoms with Crippen LogP contribution in [0, 0.1) is 24.2 Å². The molecule has 2 rings (SSSR count). The lowest BCUT2D eigenvalue weighted by Gasteiger charge is -2.56. The fourth-order valence-electron chi connectivity index (χ4n) is 7.55. The van der Waals surface area contributed by atoms with Crippen molar-refractivity contribution in [2.24, 2.45) is 23.0 Å². The van der Waals surface area contributed by atoms with Crippen LogP contribution in [0.3, 0.4) is 0 Å². The predicted molar refractivity (Wildman–Crippen MR) is 177 cm³/mol. The molecule has 5 nitrogen and oxygen atoms in total. The van der Waals surface area contributed by atoms with Crippen LogP contribution in [0.1, 0.15) is 115 Å². The summed E-state index contributed by atoms with van der Waals surface area (Å²) in [5.41, 5.74) is 8.44. The number of benzene rings is 1. The largest absolute Gasteiger partial charge is 0.392 e. The van der Waals surface area contributed by atoms with Crippen LogP contribution in [-0.2, 0) is 0 Å².